The Morgan fingerprint density at radius 3 is 2.41 bits per heavy atom. The van der Waals surface area contributed by atoms with Gasteiger partial charge in [-0.25, -0.2) is 8.42 Å². The molecule has 3 amide bonds. The van der Waals surface area contributed by atoms with Crippen LogP contribution in [-0.4, -0.2) is 59.8 Å². The standard InChI is InChI=1S/C25H24Cl2N6O5S/c1-2-4-21(34)29-15-7-9-17(10-8-15)39(37,38)33-12-11-16(14-33)30-25(36)23-20(13-28-32-23)31-24(35)22-18(26)5-3-6-19(22)27/h2-10,13,16H,11-12,14H2,1H3,(H,28,32)(H,29,34)(H,30,36)(H,31,35)/b4-2+/t16-/m0/s1. The molecule has 0 radical (unpaired) electrons. The molecule has 204 valence electrons. The molecule has 0 bridgehead atoms. The van der Waals surface area contributed by atoms with Crippen LogP contribution in [0.2, 0.25) is 10.0 Å². The summed E-state index contributed by atoms with van der Waals surface area (Å²) in [5, 5.41) is 14.7. The second-order valence-corrected chi connectivity index (χ2v) is 11.3. The summed E-state index contributed by atoms with van der Waals surface area (Å²) < 4.78 is 27.5. The lowest BCUT2D eigenvalue weighted by atomic mass is 10.2. The Hall–Kier alpha value is -3.71. The molecule has 0 saturated carbocycles. The van der Waals surface area contributed by atoms with Gasteiger partial charge in [0.1, 0.15) is 5.69 Å². The van der Waals surface area contributed by atoms with Crippen molar-refractivity contribution in [2.75, 3.05) is 23.7 Å². The van der Waals surface area contributed by atoms with Crippen LogP contribution in [0.1, 0.15) is 34.2 Å². The highest BCUT2D eigenvalue weighted by atomic mass is 35.5. The first-order valence-corrected chi connectivity index (χ1v) is 13.9. The smallest absolute Gasteiger partial charge is 0.271 e. The molecule has 0 spiro atoms. The zero-order chi connectivity index (χ0) is 28.2. The lowest BCUT2D eigenvalue weighted by Crippen LogP contribution is -2.39. The number of halogens is 2. The highest BCUT2D eigenvalue weighted by molar-refractivity contribution is 7.89. The van der Waals surface area contributed by atoms with E-state index >= 15 is 0 Å². The molecule has 1 atom stereocenters. The largest absolute Gasteiger partial charge is 0.347 e. The van der Waals surface area contributed by atoms with Crippen molar-refractivity contribution < 1.29 is 22.8 Å². The van der Waals surface area contributed by atoms with E-state index in [0.717, 1.165) is 0 Å². The third-order valence-electron chi connectivity index (χ3n) is 5.87. The van der Waals surface area contributed by atoms with Gasteiger partial charge in [0.15, 0.2) is 0 Å². The van der Waals surface area contributed by atoms with E-state index in [0.29, 0.717) is 12.1 Å². The molecule has 4 N–H and O–H groups in total. The first kappa shape index (κ1) is 28.3. The van der Waals surface area contributed by atoms with Crippen LogP contribution in [0, 0.1) is 0 Å². The van der Waals surface area contributed by atoms with Gasteiger partial charge < -0.3 is 16.0 Å². The number of aromatic amines is 1. The topological polar surface area (TPSA) is 153 Å². The van der Waals surface area contributed by atoms with E-state index in [9.17, 15) is 22.8 Å². The van der Waals surface area contributed by atoms with Crippen molar-refractivity contribution in [3.63, 3.8) is 0 Å². The lowest BCUT2D eigenvalue weighted by molar-refractivity contribution is -0.111. The number of nitrogens with one attached hydrogen (secondary N) is 4. The monoisotopic (exact) mass is 590 g/mol. The van der Waals surface area contributed by atoms with Gasteiger partial charge in [0.2, 0.25) is 15.9 Å². The Balaban J connectivity index is 1.38. The molecule has 4 rings (SSSR count). The molecule has 1 fully saturated rings. The minimum atomic E-state index is -3.83. The molecule has 2 heterocycles. The second-order valence-electron chi connectivity index (χ2n) is 8.55. The Bertz CT molecular complexity index is 1520. The Labute approximate surface area is 234 Å². The summed E-state index contributed by atoms with van der Waals surface area (Å²) in [6.07, 6.45) is 4.61. The van der Waals surface area contributed by atoms with E-state index in [2.05, 4.69) is 26.1 Å². The number of benzene rings is 2. The molecule has 0 aliphatic carbocycles. The van der Waals surface area contributed by atoms with E-state index in [1.54, 1.807) is 19.1 Å². The number of hydrogen-bond donors (Lipinski definition) is 4. The number of hydrogen-bond acceptors (Lipinski definition) is 6. The van der Waals surface area contributed by atoms with Gasteiger partial charge in [-0.15, -0.1) is 0 Å². The van der Waals surface area contributed by atoms with Crippen molar-refractivity contribution >= 4 is 62.3 Å². The molecule has 2 aromatic carbocycles. The molecular formula is C25H24Cl2N6O5S. The number of anilines is 2. The predicted molar refractivity (Wildman–Crippen MR) is 148 cm³/mol. The molecule has 1 aliphatic heterocycles. The summed E-state index contributed by atoms with van der Waals surface area (Å²) in [5.74, 6) is -1.51. The van der Waals surface area contributed by atoms with Crippen molar-refractivity contribution in [1.29, 1.82) is 0 Å². The maximum atomic E-state index is 13.1. The van der Waals surface area contributed by atoms with Crippen LogP contribution in [0.4, 0.5) is 11.4 Å². The first-order valence-electron chi connectivity index (χ1n) is 11.7. The average Bonchev–Trinajstić information content (AvgIpc) is 3.54. The van der Waals surface area contributed by atoms with Gasteiger partial charge in [0.25, 0.3) is 11.8 Å². The Kier molecular flexibility index (Phi) is 8.70. The van der Waals surface area contributed by atoms with Crippen molar-refractivity contribution in [3.05, 3.63) is 82.1 Å². The molecule has 14 heteroatoms. The molecule has 3 aromatic rings. The van der Waals surface area contributed by atoms with Gasteiger partial charge in [-0.2, -0.15) is 9.40 Å². The van der Waals surface area contributed by atoms with E-state index in [1.807, 2.05) is 0 Å². The fourth-order valence-corrected chi connectivity index (χ4v) is 6.04. The number of carbonyl (C=O) groups is 3. The van der Waals surface area contributed by atoms with Crippen LogP contribution in [0.3, 0.4) is 0 Å². The zero-order valence-corrected chi connectivity index (χ0v) is 22.9. The maximum absolute atomic E-state index is 13.1. The number of nitrogens with zero attached hydrogens (tertiary/aromatic N) is 2. The van der Waals surface area contributed by atoms with Gasteiger partial charge in [-0.3, -0.25) is 19.5 Å². The maximum Gasteiger partial charge on any atom is 0.271 e. The zero-order valence-electron chi connectivity index (χ0n) is 20.6. The van der Waals surface area contributed by atoms with Crippen LogP contribution in [-0.2, 0) is 14.8 Å². The quantitative estimate of drug-likeness (QED) is 0.293. The van der Waals surface area contributed by atoms with Crippen LogP contribution in [0.15, 0.2) is 65.7 Å². The minimum Gasteiger partial charge on any atom is -0.347 e. The van der Waals surface area contributed by atoms with E-state index in [4.69, 9.17) is 23.2 Å². The fraction of sp³-hybridized carbons (Fsp3) is 0.200. The van der Waals surface area contributed by atoms with Crippen LogP contribution < -0.4 is 16.0 Å². The SMILES string of the molecule is C/C=C/C(=O)Nc1ccc(S(=O)(=O)N2CC[C@H](NC(=O)c3[nH]ncc3NC(=O)c3c(Cl)cccc3Cl)C2)cc1. The van der Waals surface area contributed by atoms with Gasteiger partial charge >= 0.3 is 0 Å². The molecule has 1 aromatic heterocycles. The molecule has 39 heavy (non-hydrogen) atoms. The summed E-state index contributed by atoms with van der Waals surface area (Å²) in [6.45, 7) is 1.97. The number of amides is 3. The Morgan fingerprint density at radius 2 is 1.74 bits per heavy atom. The summed E-state index contributed by atoms with van der Waals surface area (Å²) in [7, 11) is -3.83. The first-order chi connectivity index (χ1) is 18.6. The molecule has 11 nitrogen and oxygen atoms in total. The number of sulfonamides is 1. The number of carbonyl (C=O) groups excluding carboxylic acids is 3. The summed E-state index contributed by atoms with van der Waals surface area (Å²) >= 11 is 12.2. The highest BCUT2D eigenvalue weighted by Crippen LogP contribution is 2.26. The average molecular weight is 591 g/mol. The van der Waals surface area contributed by atoms with Crippen LogP contribution in [0.5, 0.6) is 0 Å². The summed E-state index contributed by atoms with van der Waals surface area (Å²) in [4.78, 5) is 37.4. The van der Waals surface area contributed by atoms with Gasteiger partial charge in [-0.1, -0.05) is 35.3 Å². The van der Waals surface area contributed by atoms with Crippen LogP contribution >= 0.6 is 23.2 Å². The fourth-order valence-electron chi connectivity index (χ4n) is 3.97. The number of allylic oxidation sites excluding steroid dienone is 1. The van der Waals surface area contributed by atoms with E-state index in [1.165, 1.54) is 53.0 Å². The van der Waals surface area contributed by atoms with Crippen molar-refractivity contribution in [1.82, 2.24) is 19.8 Å². The van der Waals surface area contributed by atoms with Gasteiger partial charge in [0.05, 0.1) is 32.4 Å². The van der Waals surface area contributed by atoms with Gasteiger partial charge in [-0.05, 0) is 55.8 Å². The molecular weight excluding hydrogens is 567 g/mol. The number of H-pyrrole nitrogens is 1. The molecule has 1 aliphatic rings. The van der Waals surface area contributed by atoms with Crippen molar-refractivity contribution in [3.8, 4) is 0 Å². The summed E-state index contributed by atoms with van der Waals surface area (Å²) in [6, 6.07) is 10.0. The molecule has 0 unspecified atom stereocenters. The molecule has 1 saturated heterocycles. The summed E-state index contributed by atoms with van der Waals surface area (Å²) in [5.41, 5.74) is 0.613. The van der Waals surface area contributed by atoms with E-state index < -0.39 is 27.9 Å². The Morgan fingerprint density at radius 1 is 1.05 bits per heavy atom. The van der Waals surface area contributed by atoms with Crippen molar-refractivity contribution in [2.24, 2.45) is 0 Å². The number of rotatable bonds is 8. The van der Waals surface area contributed by atoms with Crippen LogP contribution in [0.25, 0.3) is 0 Å². The normalized spacial score (nSPS) is 15.8. The third-order valence-corrected chi connectivity index (χ3v) is 8.38. The second kappa shape index (κ2) is 12.0. The minimum absolute atomic E-state index is 0.0108. The lowest BCUT2D eigenvalue weighted by Gasteiger charge is -2.17. The van der Waals surface area contributed by atoms with Gasteiger partial charge in [0, 0.05) is 24.8 Å². The number of aromatic nitrogens is 2. The van der Waals surface area contributed by atoms with Crippen molar-refractivity contribution in [2.45, 2.75) is 24.3 Å². The van der Waals surface area contributed by atoms with E-state index in [-0.39, 0.29) is 50.9 Å². The predicted octanol–water partition coefficient (Wildman–Crippen LogP) is 3.68. The highest BCUT2D eigenvalue weighted by Gasteiger charge is 2.34. The third kappa shape index (κ3) is 6.48.